The van der Waals surface area contributed by atoms with Gasteiger partial charge in [0.25, 0.3) is 0 Å². The molecule has 0 unspecified atom stereocenters. The van der Waals surface area contributed by atoms with Crippen LogP contribution in [0.4, 0.5) is 0 Å². The normalized spacial score (nSPS) is 11.5. The van der Waals surface area contributed by atoms with Gasteiger partial charge in [-0.1, -0.05) is 24.3 Å². The van der Waals surface area contributed by atoms with E-state index in [4.69, 9.17) is 0 Å². The van der Waals surface area contributed by atoms with E-state index in [1.807, 2.05) is 6.20 Å². The summed E-state index contributed by atoms with van der Waals surface area (Å²) in [7, 11) is 0. The Hall–Kier alpha value is -2.28. The van der Waals surface area contributed by atoms with Gasteiger partial charge in [0, 0.05) is 11.7 Å². The molecule has 1 nitrogen and oxygen atoms in total. The van der Waals surface area contributed by atoms with Gasteiger partial charge in [0.2, 0.25) is 0 Å². The number of aromatic nitrogens is 1. The minimum absolute atomic E-state index is 1.20. The van der Waals surface area contributed by atoms with Gasteiger partial charge < -0.3 is 4.98 Å². The van der Waals surface area contributed by atoms with E-state index in [0.717, 1.165) is 0 Å². The lowest BCUT2D eigenvalue weighted by Gasteiger charge is -2.02. The first-order valence-electron chi connectivity index (χ1n) is 5.80. The maximum atomic E-state index is 3.26. The molecule has 0 atom stereocenters. The number of hydrogen-bond acceptors (Lipinski definition) is 0. The molecule has 0 fully saturated rings. The van der Waals surface area contributed by atoms with Crippen molar-refractivity contribution >= 4 is 32.4 Å². The Morgan fingerprint density at radius 3 is 2.00 bits per heavy atom. The SMILES string of the molecule is c1ccc2cc3cc4[nH]ccc4cc3cc2c1. The predicted octanol–water partition coefficient (Wildman–Crippen LogP) is 4.47. The lowest BCUT2D eigenvalue weighted by molar-refractivity contribution is 1.48. The van der Waals surface area contributed by atoms with Crippen LogP contribution in [0.3, 0.4) is 0 Å². The molecule has 0 aliphatic heterocycles. The fourth-order valence-corrected chi connectivity index (χ4v) is 2.49. The third-order valence-corrected chi connectivity index (χ3v) is 3.37. The van der Waals surface area contributed by atoms with E-state index in [-0.39, 0.29) is 0 Å². The van der Waals surface area contributed by atoms with E-state index in [2.05, 4.69) is 59.6 Å². The third kappa shape index (κ3) is 1.26. The molecule has 3 aromatic carbocycles. The smallest absolute Gasteiger partial charge is 0.0460 e. The Labute approximate surface area is 98.7 Å². The van der Waals surface area contributed by atoms with Crippen LogP contribution in [0, 0.1) is 0 Å². The molecule has 1 aromatic heterocycles. The second-order valence-corrected chi connectivity index (χ2v) is 4.46. The Morgan fingerprint density at radius 2 is 1.24 bits per heavy atom. The molecule has 17 heavy (non-hydrogen) atoms. The summed E-state index contributed by atoms with van der Waals surface area (Å²) < 4.78 is 0. The van der Waals surface area contributed by atoms with Crippen LogP contribution in [0.5, 0.6) is 0 Å². The molecule has 0 spiro atoms. The molecule has 0 saturated carbocycles. The summed E-state index contributed by atoms with van der Waals surface area (Å²) >= 11 is 0. The van der Waals surface area contributed by atoms with Crippen LogP contribution in [0.2, 0.25) is 0 Å². The standard InChI is InChI=1S/C16H11N/c1-2-4-12-8-15-10-16-13(5-6-17-16)9-14(15)7-11(12)3-1/h1-10,17H. The molecule has 0 radical (unpaired) electrons. The molecular formula is C16H11N. The van der Waals surface area contributed by atoms with Gasteiger partial charge >= 0.3 is 0 Å². The number of benzene rings is 3. The second kappa shape index (κ2) is 3.11. The highest BCUT2D eigenvalue weighted by Crippen LogP contribution is 2.26. The van der Waals surface area contributed by atoms with Crippen molar-refractivity contribution < 1.29 is 0 Å². The van der Waals surface area contributed by atoms with Crippen molar-refractivity contribution in [3.63, 3.8) is 0 Å². The van der Waals surface area contributed by atoms with Gasteiger partial charge in [-0.25, -0.2) is 0 Å². The van der Waals surface area contributed by atoms with Crippen LogP contribution >= 0.6 is 0 Å². The first-order chi connectivity index (χ1) is 8.40. The highest BCUT2D eigenvalue weighted by molar-refractivity contribution is 6.03. The van der Waals surface area contributed by atoms with E-state index in [9.17, 15) is 0 Å². The van der Waals surface area contributed by atoms with Gasteiger partial charge in [0.05, 0.1) is 0 Å². The molecule has 1 N–H and O–H groups in total. The fourth-order valence-electron chi connectivity index (χ4n) is 2.49. The van der Waals surface area contributed by atoms with Crippen molar-refractivity contribution in [3.8, 4) is 0 Å². The van der Waals surface area contributed by atoms with E-state index < -0.39 is 0 Å². The summed E-state index contributed by atoms with van der Waals surface area (Å²) in [6.45, 7) is 0. The van der Waals surface area contributed by atoms with E-state index >= 15 is 0 Å². The molecule has 0 bridgehead atoms. The molecule has 0 saturated heterocycles. The lowest BCUT2D eigenvalue weighted by atomic mass is 10.0. The van der Waals surface area contributed by atoms with E-state index in [1.54, 1.807) is 0 Å². The van der Waals surface area contributed by atoms with Crippen molar-refractivity contribution in [2.45, 2.75) is 0 Å². The average Bonchev–Trinajstić information content (AvgIpc) is 2.80. The molecule has 1 heteroatoms. The average molecular weight is 217 g/mol. The number of fused-ring (bicyclic) bond motifs is 3. The van der Waals surface area contributed by atoms with Gasteiger partial charge in [-0.2, -0.15) is 0 Å². The number of rotatable bonds is 0. The number of aromatic amines is 1. The highest BCUT2D eigenvalue weighted by Gasteiger charge is 2.00. The summed E-state index contributed by atoms with van der Waals surface area (Å²) in [6.07, 6.45) is 1.99. The second-order valence-electron chi connectivity index (χ2n) is 4.46. The van der Waals surface area contributed by atoms with E-state index in [0.29, 0.717) is 0 Å². The zero-order chi connectivity index (χ0) is 11.2. The Morgan fingerprint density at radius 1 is 0.588 bits per heavy atom. The summed E-state index contributed by atoms with van der Waals surface area (Å²) in [5.41, 5.74) is 1.20. The van der Waals surface area contributed by atoms with Crippen LogP contribution in [-0.4, -0.2) is 4.98 Å². The monoisotopic (exact) mass is 217 g/mol. The largest absolute Gasteiger partial charge is 0.361 e. The molecule has 4 aromatic rings. The van der Waals surface area contributed by atoms with Crippen molar-refractivity contribution in [2.24, 2.45) is 0 Å². The molecular weight excluding hydrogens is 206 g/mol. The lowest BCUT2D eigenvalue weighted by Crippen LogP contribution is -1.76. The summed E-state index contributed by atoms with van der Waals surface area (Å²) in [6, 6.07) is 19.6. The first-order valence-corrected chi connectivity index (χ1v) is 5.80. The quantitative estimate of drug-likeness (QED) is 0.418. The molecule has 0 aliphatic rings. The number of nitrogens with one attached hydrogen (secondary N) is 1. The van der Waals surface area contributed by atoms with Gasteiger partial charge in [0.1, 0.15) is 0 Å². The van der Waals surface area contributed by atoms with Crippen molar-refractivity contribution in [2.75, 3.05) is 0 Å². The fraction of sp³-hybridized carbons (Fsp3) is 0. The maximum Gasteiger partial charge on any atom is 0.0460 e. The molecule has 80 valence electrons. The molecule has 0 aliphatic carbocycles. The van der Waals surface area contributed by atoms with Crippen molar-refractivity contribution in [1.29, 1.82) is 0 Å². The number of hydrogen-bond donors (Lipinski definition) is 1. The Bertz CT molecular complexity index is 771. The first kappa shape index (κ1) is 8.82. The maximum absolute atomic E-state index is 3.26. The van der Waals surface area contributed by atoms with Gasteiger partial charge in [-0.15, -0.1) is 0 Å². The number of H-pyrrole nitrogens is 1. The van der Waals surface area contributed by atoms with Crippen LogP contribution < -0.4 is 0 Å². The minimum atomic E-state index is 1.20. The zero-order valence-corrected chi connectivity index (χ0v) is 9.27. The van der Waals surface area contributed by atoms with Gasteiger partial charge in [0.15, 0.2) is 0 Å². The van der Waals surface area contributed by atoms with E-state index in [1.165, 1.54) is 32.4 Å². The summed E-state index contributed by atoms with van der Waals surface area (Å²) in [4.78, 5) is 3.26. The topological polar surface area (TPSA) is 15.8 Å². The molecule has 1 heterocycles. The summed E-state index contributed by atoms with van der Waals surface area (Å²) in [5, 5.41) is 6.46. The van der Waals surface area contributed by atoms with Gasteiger partial charge in [-0.3, -0.25) is 0 Å². The molecule has 4 rings (SSSR count). The predicted molar refractivity (Wildman–Crippen MR) is 73.3 cm³/mol. The van der Waals surface area contributed by atoms with Crippen LogP contribution in [0.25, 0.3) is 32.4 Å². The Balaban J connectivity index is 2.23. The summed E-state index contributed by atoms with van der Waals surface area (Å²) in [5.74, 6) is 0. The minimum Gasteiger partial charge on any atom is -0.361 e. The third-order valence-electron chi connectivity index (χ3n) is 3.37. The van der Waals surface area contributed by atoms with Crippen LogP contribution in [0.1, 0.15) is 0 Å². The van der Waals surface area contributed by atoms with Crippen LogP contribution in [-0.2, 0) is 0 Å². The van der Waals surface area contributed by atoms with Crippen LogP contribution in [0.15, 0.2) is 60.8 Å². The highest BCUT2D eigenvalue weighted by atomic mass is 14.7. The molecule has 0 amide bonds. The van der Waals surface area contributed by atoms with Crippen molar-refractivity contribution in [3.05, 3.63) is 60.8 Å². The zero-order valence-electron chi connectivity index (χ0n) is 9.27. The van der Waals surface area contributed by atoms with Crippen molar-refractivity contribution in [1.82, 2.24) is 4.98 Å². The Kier molecular flexibility index (Phi) is 1.61. The van der Waals surface area contributed by atoms with Gasteiger partial charge in [-0.05, 0) is 57.3 Å².